The monoisotopic (exact) mass is 414 g/mol. The predicted molar refractivity (Wildman–Crippen MR) is 119 cm³/mol. The van der Waals surface area contributed by atoms with Crippen molar-refractivity contribution in [2.45, 2.75) is 19.9 Å². The Morgan fingerprint density at radius 3 is 2.68 bits per heavy atom. The zero-order valence-corrected chi connectivity index (χ0v) is 17.4. The smallest absolute Gasteiger partial charge is 0.407 e. The molecule has 4 heterocycles. The van der Waals surface area contributed by atoms with Crippen LogP contribution in [0.4, 0.5) is 4.79 Å². The van der Waals surface area contributed by atoms with Crippen LogP contribution in [0.1, 0.15) is 16.8 Å². The summed E-state index contributed by atoms with van der Waals surface area (Å²) in [6, 6.07) is 13.3. The number of nitrogens with zero attached hydrogens (tertiary/aromatic N) is 4. The first-order valence-corrected chi connectivity index (χ1v) is 10.2. The Morgan fingerprint density at radius 2 is 1.97 bits per heavy atom. The summed E-state index contributed by atoms with van der Waals surface area (Å²) < 4.78 is 3.73. The predicted octanol–water partition coefficient (Wildman–Crippen LogP) is 3.74. The highest BCUT2D eigenvalue weighted by Crippen LogP contribution is 2.31. The first-order chi connectivity index (χ1) is 14.9. The molecule has 0 saturated heterocycles. The number of aryl methyl sites for hydroxylation is 2. The highest BCUT2D eigenvalue weighted by molar-refractivity contribution is 5.88. The molecule has 1 aliphatic rings. The molecule has 1 aromatic carbocycles. The van der Waals surface area contributed by atoms with Crippen molar-refractivity contribution in [1.29, 1.82) is 0 Å². The number of hydrogen-bond acceptors (Lipinski definition) is 3. The minimum absolute atomic E-state index is 0.129. The molecule has 1 N–H and O–H groups in total. The minimum Gasteiger partial charge on any atom is -0.465 e. The molecule has 0 radical (unpaired) electrons. The zero-order valence-electron chi connectivity index (χ0n) is 17.4. The summed E-state index contributed by atoms with van der Waals surface area (Å²) in [7, 11) is 2.00. The Morgan fingerprint density at radius 1 is 1.13 bits per heavy atom. The van der Waals surface area contributed by atoms with Gasteiger partial charge >= 0.3 is 6.09 Å². The van der Waals surface area contributed by atoms with Gasteiger partial charge in [-0.2, -0.15) is 0 Å². The van der Waals surface area contributed by atoms with Gasteiger partial charge in [0.25, 0.3) is 5.56 Å². The third-order valence-corrected chi connectivity index (χ3v) is 6.06. The fourth-order valence-electron chi connectivity index (χ4n) is 4.37. The van der Waals surface area contributed by atoms with Gasteiger partial charge in [-0.05, 0) is 36.8 Å². The second-order valence-electron chi connectivity index (χ2n) is 7.98. The quantitative estimate of drug-likeness (QED) is 0.542. The van der Waals surface area contributed by atoms with E-state index in [2.05, 4.69) is 9.55 Å². The maximum absolute atomic E-state index is 12.9. The number of rotatable bonds is 2. The van der Waals surface area contributed by atoms with Crippen LogP contribution in [0.5, 0.6) is 0 Å². The van der Waals surface area contributed by atoms with Gasteiger partial charge in [0.1, 0.15) is 0 Å². The molecule has 0 spiro atoms. The third-order valence-electron chi connectivity index (χ3n) is 6.06. The first-order valence-electron chi connectivity index (χ1n) is 10.2. The maximum Gasteiger partial charge on any atom is 0.407 e. The third kappa shape index (κ3) is 3.18. The van der Waals surface area contributed by atoms with E-state index >= 15 is 0 Å². The van der Waals surface area contributed by atoms with Crippen LogP contribution in [0.15, 0.2) is 59.7 Å². The summed E-state index contributed by atoms with van der Waals surface area (Å²) in [6.45, 7) is 2.86. The summed E-state index contributed by atoms with van der Waals surface area (Å²) in [4.78, 5) is 30.1. The molecule has 7 nitrogen and oxygen atoms in total. The van der Waals surface area contributed by atoms with Crippen molar-refractivity contribution in [3.05, 3.63) is 82.0 Å². The SMILES string of the molecule is Cc1ccc(-c2ccn(-c3ccc4c5c(n(C)c4c3)CCN(C(=O)O)C5)c(=O)c2)nc1. The molecule has 0 aliphatic carbocycles. The number of fused-ring (bicyclic) bond motifs is 3. The largest absolute Gasteiger partial charge is 0.465 e. The topological polar surface area (TPSA) is 80.4 Å². The minimum atomic E-state index is -0.894. The number of benzene rings is 1. The lowest BCUT2D eigenvalue weighted by Crippen LogP contribution is -2.34. The molecule has 0 atom stereocenters. The maximum atomic E-state index is 12.9. The zero-order chi connectivity index (χ0) is 21.7. The number of aromatic nitrogens is 3. The van der Waals surface area contributed by atoms with Gasteiger partial charge in [-0.1, -0.05) is 12.1 Å². The van der Waals surface area contributed by atoms with E-state index in [9.17, 15) is 14.7 Å². The molecule has 156 valence electrons. The van der Waals surface area contributed by atoms with Crippen LogP contribution in [0.2, 0.25) is 0 Å². The molecular formula is C24H22N4O3. The van der Waals surface area contributed by atoms with Gasteiger partial charge in [0.2, 0.25) is 0 Å². The van der Waals surface area contributed by atoms with Gasteiger partial charge in [-0.25, -0.2) is 4.79 Å². The highest BCUT2D eigenvalue weighted by atomic mass is 16.4. The fourth-order valence-corrected chi connectivity index (χ4v) is 4.37. The van der Waals surface area contributed by atoms with E-state index in [0.717, 1.165) is 44.7 Å². The second kappa shape index (κ2) is 7.12. The standard InChI is InChI=1S/C24H22N4O3/c1-15-3-6-20(25-13-15)16-7-10-28(23(29)11-16)17-4-5-18-19-14-27(24(30)31)9-8-21(19)26(2)22(18)12-17/h3-7,10-13H,8-9,14H2,1-2H3,(H,30,31). The molecule has 1 amide bonds. The fraction of sp³-hybridized carbons (Fsp3) is 0.208. The van der Waals surface area contributed by atoms with Gasteiger partial charge in [-0.15, -0.1) is 0 Å². The van der Waals surface area contributed by atoms with Crippen LogP contribution < -0.4 is 5.56 Å². The van der Waals surface area contributed by atoms with Crippen molar-refractivity contribution in [3.8, 4) is 16.9 Å². The van der Waals surface area contributed by atoms with Crippen molar-refractivity contribution in [2.75, 3.05) is 6.54 Å². The molecule has 4 aromatic rings. The highest BCUT2D eigenvalue weighted by Gasteiger charge is 2.25. The van der Waals surface area contributed by atoms with Crippen LogP contribution in [0, 0.1) is 6.92 Å². The normalized spacial score (nSPS) is 13.4. The number of hydrogen-bond donors (Lipinski definition) is 1. The van der Waals surface area contributed by atoms with Gasteiger partial charge in [-0.3, -0.25) is 14.3 Å². The van der Waals surface area contributed by atoms with Crippen molar-refractivity contribution in [3.63, 3.8) is 0 Å². The van der Waals surface area contributed by atoms with Crippen LogP contribution in [-0.4, -0.2) is 36.8 Å². The molecule has 5 rings (SSSR count). The van der Waals surface area contributed by atoms with Crippen LogP contribution in [-0.2, 0) is 20.0 Å². The Bertz CT molecular complexity index is 1380. The van der Waals surface area contributed by atoms with Gasteiger partial charge < -0.3 is 14.6 Å². The number of carbonyl (C=O) groups is 1. The summed E-state index contributed by atoms with van der Waals surface area (Å²) in [5.41, 5.74) is 6.45. The van der Waals surface area contributed by atoms with E-state index in [4.69, 9.17) is 0 Å². The van der Waals surface area contributed by atoms with E-state index in [-0.39, 0.29) is 5.56 Å². The van der Waals surface area contributed by atoms with Crippen molar-refractivity contribution < 1.29 is 9.90 Å². The average molecular weight is 414 g/mol. The molecule has 1 aliphatic heterocycles. The Labute approximate surface area is 178 Å². The van der Waals surface area contributed by atoms with E-state index in [1.54, 1.807) is 23.0 Å². The Kier molecular flexibility index (Phi) is 4.39. The van der Waals surface area contributed by atoms with Crippen molar-refractivity contribution >= 4 is 17.0 Å². The van der Waals surface area contributed by atoms with Gasteiger partial charge in [0, 0.05) is 60.7 Å². The molecule has 3 aromatic heterocycles. The van der Waals surface area contributed by atoms with Crippen LogP contribution >= 0.6 is 0 Å². The van der Waals surface area contributed by atoms with Crippen LogP contribution in [0.25, 0.3) is 27.8 Å². The Hall–Kier alpha value is -3.87. The molecule has 7 heteroatoms. The van der Waals surface area contributed by atoms with Gasteiger partial charge in [0.05, 0.1) is 23.4 Å². The number of amides is 1. The molecule has 0 unspecified atom stereocenters. The molecule has 0 fully saturated rings. The van der Waals surface area contributed by atoms with Gasteiger partial charge in [0.15, 0.2) is 0 Å². The number of pyridine rings is 2. The van der Waals surface area contributed by atoms with Crippen LogP contribution in [0.3, 0.4) is 0 Å². The molecule has 0 saturated carbocycles. The second-order valence-corrected chi connectivity index (χ2v) is 7.98. The average Bonchev–Trinajstić information content (AvgIpc) is 3.05. The van der Waals surface area contributed by atoms with Crippen molar-refractivity contribution in [2.24, 2.45) is 7.05 Å². The first kappa shape index (κ1) is 19.1. The lowest BCUT2D eigenvalue weighted by molar-refractivity contribution is 0.139. The summed E-state index contributed by atoms with van der Waals surface area (Å²) in [5.74, 6) is 0. The summed E-state index contributed by atoms with van der Waals surface area (Å²) in [6.07, 6.45) is 3.35. The summed E-state index contributed by atoms with van der Waals surface area (Å²) >= 11 is 0. The van der Waals surface area contributed by atoms with E-state index in [1.807, 2.05) is 50.4 Å². The van der Waals surface area contributed by atoms with E-state index < -0.39 is 6.09 Å². The Balaban J connectivity index is 1.56. The molecule has 31 heavy (non-hydrogen) atoms. The molecular weight excluding hydrogens is 392 g/mol. The summed E-state index contributed by atoms with van der Waals surface area (Å²) in [5, 5.41) is 10.4. The lowest BCUT2D eigenvalue weighted by atomic mass is 10.0. The van der Waals surface area contributed by atoms with Crippen molar-refractivity contribution in [1.82, 2.24) is 19.0 Å². The number of carboxylic acid groups (broad SMARTS) is 1. The van der Waals surface area contributed by atoms with E-state index in [1.165, 1.54) is 4.90 Å². The van der Waals surface area contributed by atoms with E-state index in [0.29, 0.717) is 19.5 Å². The molecule has 0 bridgehead atoms. The lowest BCUT2D eigenvalue weighted by Gasteiger charge is -2.25.